The molecule has 0 spiro atoms. The number of rotatable bonds is 9. The average molecular weight is 281 g/mol. The van der Waals surface area contributed by atoms with Crippen molar-refractivity contribution in [1.29, 1.82) is 0 Å². The van der Waals surface area contributed by atoms with Crippen LogP contribution in [0, 0.1) is 0 Å². The lowest BCUT2D eigenvalue weighted by atomic mass is 10.4. The lowest BCUT2D eigenvalue weighted by Crippen LogP contribution is -2.66. The highest BCUT2D eigenvalue weighted by atomic mass is 28.4. The molecule has 0 aromatic carbocycles. The summed E-state index contributed by atoms with van der Waals surface area (Å²) in [6, 6.07) is 0. The van der Waals surface area contributed by atoms with Crippen molar-refractivity contribution in [3.8, 4) is 0 Å². The van der Waals surface area contributed by atoms with Crippen LogP contribution in [0.4, 0.5) is 0 Å². The average Bonchev–Trinajstić information content (AvgIpc) is 2.17. The molecule has 0 aromatic heterocycles. The van der Waals surface area contributed by atoms with Gasteiger partial charge in [-0.25, -0.2) is 0 Å². The number of hydrogen-bond acceptors (Lipinski definition) is 4. The van der Waals surface area contributed by atoms with Crippen LogP contribution in [0.2, 0.25) is 0 Å². The fourth-order valence-corrected chi connectivity index (χ4v) is 5.77. The molecule has 0 bridgehead atoms. The summed E-state index contributed by atoms with van der Waals surface area (Å²) in [5, 5.41) is 0. The second-order valence-corrected chi connectivity index (χ2v) is 7.68. The Labute approximate surface area is 113 Å². The number of quaternary nitrogens is 1. The van der Waals surface area contributed by atoms with Crippen LogP contribution in [0.5, 0.6) is 0 Å². The summed E-state index contributed by atoms with van der Waals surface area (Å²) >= 11 is 0. The van der Waals surface area contributed by atoms with Crippen molar-refractivity contribution < 1.29 is 23.2 Å². The van der Waals surface area contributed by atoms with Crippen LogP contribution in [0.25, 0.3) is 0 Å². The molecule has 1 atom stereocenters. The van der Waals surface area contributed by atoms with Crippen LogP contribution in [-0.4, -0.2) is 65.4 Å². The minimum Gasteiger partial charge on any atom is -0.870 e. The molecule has 112 valence electrons. The van der Waals surface area contributed by atoms with Crippen molar-refractivity contribution in [2.24, 2.45) is 0 Å². The van der Waals surface area contributed by atoms with E-state index < -0.39 is 8.80 Å². The molecule has 1 unspecified atom stereocenters. The van der Waals surface area contributed by atoms with E-state index in [0.29, 0.717) is 19.8 Å². The molecule has 0 aliphatic rings. The molecule has 0 aromatic rings. The Morgan fingerprint density at radius 1 is 0.833 bits per heavy atom. The topological polar surface area (TPSA) is 57.7 Å². The van der Waals surface area contributed by atoms with Crippen LogP contribution in [0.15, 0.2) is 0 Å². The fraction of sp³-hybridized carbons (Fsp3) is 1.00. The van der Waals surface area contributed by atoms with Crippen LogP contribution >= 0.6 is 0 Å². The lowest BCUT2D eigenvalue weighted by Gasteiger charge is -2.42. The van der Waals surface area contributed by atoms with Crippen molar-refractivity contribution in [1.82, 2.24) is 0 Å². The number of hydrogen-bond donors (Lipinski definition) is 0. The molecule has 1 N–H and O–H groups in total. The molecule has 5 nitrogen and oxygen atoms in total. The van der Waals surface area contributed by atoms with Gasteiger partial charge in [-0.3, -0.25) is 0 Å². The van der Waals surface area contributed by atoms with Gasteiger partial charge in [0.05, 0.1) is 21.1 Å². The number of nitrogens with zero attached hydrogens (tertiary/aromatic N) is 1. The van der Waals surface area contributed by atoms with E-state index in [2.05, 4.69) is 28.1 Å². The van der Waals surface area contributed by atoms with E-state index in [0.717, 1.165) is 10.9 Å². The van der Waals surface area contributed by atoms with Crippen LogP contribution in [0.3, 0.4) is 0 Å². The maximum absolute atomic E-state index is 5.97. The third kappa shape index (κ3) is 5.34. The predicted molar refractivity (Wildman–Crippen MR) is 74.7 cm³/mol. The molecule has 6 heteroatoms. The molecule has 0 radical (unpaired) electrons. The molecule has 0 aliphatic heterocycles. The van der Waals surface area contributed by atoms with Crippen molar-refractivity contribution in [3.63, 3.8) is 0 Å². The molecule has 0 saturated heterocycles. The minimum atomic E-state index is -2.59. The van der Waals surface area contributed by atoms with E-state index in [9.17, 15) is 0 Å². The van der Waals surface area contributed by atoms with Gasteiger partial charge >= 0.3 is 8.80 Å². The minimum absolute atomic E-state index is 0. The van der Waals surface area contributed by atoms with Crippen molar-refractivity contribution in [2.45, 2.75) is 39.8 Å². The third-order valence-corrected chi connectivity index (χ3v) is 6.84. The predicted octanol–water partition coefficient (Wildman–Crippen LogP) is 1.88. The monoisotopic (exact) mass is 281 g/mol. The highest BCUT2D eigenvalue weighted by molar-refractivity contribution is 6.62. The molecule has 0 fully saturated rings. The van der Waals surface area contributed by atoms with Crippen molar-refractivity contribution in [2.75, 3.05) is 41.0 Å². The van der Waals surface area contributed by atoms with Crippen molar-refractivity contribution in [3.05, 3.63) is 0 Å². The molecule has 0 heterocycles. The van der Waals surface area contributed by atoms with Gasteiger partial charge < -0.3 is 23.2 Å². The molecular formula is C12H31NO4Si. The Morgan fingerprint density at radius 2 is 1.17 bits per heavy atom. The van der Waals surface area contributed by atoms with Gasteiger partial charge in [-0.1, -0.05) is 6.92 Å². The second kappa shape index (κ2) is 9.01. The first-order valence-corrected chi connectivity index (χ1v) is 8.41. The summed E-state index contributed by atoms with van der Waals surface area (Å²) in [4.78, 5) is 0. The Morgan fingerprint density at radius 3 is 1.33 bits per heavy atom. The zero-order valence-electron chi connectivity index (χ0n) is 13.0. The zero-order chi connectivity index (χ0) is 13.5. The Kier molecular flexibility index (Phi) is 10.2. The van der Waals surface area contributed by atoms with Crippen LogP contribution in [0.1, 0.15) is 34.1 Å². The lowest BCUT2D eigenvalue weighted by molar-refractivity contribution is -0.887. The van der Waals surface area contributed by atoms with Crippen LogP contribution < -0.4 is 0 Å². The quantitative estimate of drug-likeness (QED) is 0.478. The fourth-order valence-electron chi connectivity index (χ4n) is 2.29. The molecule has 0 aliphatic carbocycles. The first-order chi connectivity index (χ1) is 7.87. The summed E-state index contributed by atoms with van der Waals surface area (Å²) in [5.41, 5.74) is 0.280. The Hall–Kier alpha value is 0.0169. The van der Waals surface area contributed by atoms with E-state index in [1.807, 2.05) is 20.8 Å². The van der Waals surface area contributed by atoms with Gasteiger partial charge in [0, 0.05) is 26.2 Å². The Balaban J connectivity index is 0. The van der Waals surface area contributed by atoms with Gasteiger partial charge in [-0.05, 0) is 20.8 Å². The normalized spacial score (nSPS) is 14.2. The summed E-state index contributed by atoms with van der Waals surface area (Å²) in [5.74, 6) is 0. The SMILES string of the molecule is CCO[Si](OCC)(OCC)C(CC)[N+](C)(C)C.[OH-]. The maximum atomic E-state index is 5.97. The van der Waals surface area contributed by atoms with Gasteiger partial charge in [0.25, 0.3) is 0 Å². The first kappa shape index (κ1) is 20.3. The van der Waals surface area contributed by atoms with Gasteiger partial charge in [-0.15, -0.1) is 0 Å². The first-order valence-electron chi connectivity index (χ1n) is 6.60. The summed E-state index contributed by atoms with van der Waals surface area (Å²) < 4.78 is 18.7. The van der Waals surface area contributed by atoms with Gasteiger partial charge in [0.15, 0.2) is 5.67 Å². The third-order valence-electron chi connectivity index (χ3n) is 2.77. The molecule has 18 heavy (non-hydrogen) atoms. The zero-order valence-corrected chi connectivity index (χ0v) is 14.0. The molecular weight excluding hydrogens is 250 g/mol. The summed E-state index contributed by atoms with van der Waals surface area (Å²) in [7, 11) is 3.93. The van der Waals surface area contributed by atoms with Gasteiger partial charge in [0.2, 0.25) is 0 Å². The van der Waals surface area contributed by atoms with Crippen LogP contribution in [-0.2, 0) is 13.3 Å². The summed E-state index contributed by atoms with van der Waals surface area (Å²) in [6.07, 6.45) is 0.996. The molecule has 0 saturated carbocycles. The van der Waals surface area contributed by atoms with E-state index in [-0.39, 0.29) is 11.1 Å². The molecule has 0 amide bonds. The van der Waals surface area contributed by atoms with Crippen molar-refractivity contribution >= 4 is 8.80 Å². The second-order valence-electron chi connectivity index (χ2n) is 4.94. The standard InChI is InChI=1S/C12H30NO3Si.H2O/c1-8-12(13(5,6)7)17(14-9-2,15-10-3)16-11-4;/h12H,8-11H2,1-7H3;1H2/q+1;/p-1. The van der Waals surface area contributed by atoms with Gasteiger partial charge in [0.1, 0.15) is 0 Å². The van der Waals surface area contributed by atoms with E-state index in [4.69, 9.17) is 13.3 Å². The molecule has 0 rings (SSSR count). The van der Waals surface area contributed by atoms with E-state index in [1.54, 1.807) is 0 Å². The highest BCUT2D eigenvalue weighted by Gasteiger charge is 2.55. The summed E-state index contributed by atoms with van der Waals surface area (Å²) in [6.45, 7) is 10.1. The van der Waals surface area contributed by atoms with E-state index >= 15 is 0 Å². The largest absolute Gasteiger partial charge is 0.870 e. The smallest absolute Gasteiger partial charge is 0.562 e. The maximum Gasteiger partial charge on any atom is 0.562 e. The highest BCUT2D eigenvalue weighted by Crippen LogP contribution is 2.24. The van der Waals surface area contributed by atoms with E-state index in [1.165, 1.54) is 0 Å². The Bertz CT molecular complexity index is 192. The van der Waals surface area contributed by atoms with Gasteiger partial charge in [-0.2, -0.15) is 0 Å².